The van der Waals surface area contributed by atoms with Gasteiger partial charge in [-0.1, -0.05) is 115 Å². The third kappa shape index (κ3) is 16.9. The fraction of sp³-hybridized carbons (Fsp3) is 0.776. The van der Waals surface area contributed by atoms with E-state index in [0.717, 1.165) is 203 Å². The van der Waals surface area contributed by atoms with Gasteiger partial charge in [-0.25, -0.2) is 26.3 Å². The molecule has 16 bridgehead atoms. The van der Waals surface area contributed by atoms with Crippen LogP contribution in [0.2, 0.25) is 0 Å². The first-order valence-electron chi connectivity index (χ1n) is 51.6. The van der Waals surface area contributed by atoms with Gasteiger partial charge < -0.3 is 58.9 Å². The summed E-state index contributed by atoms with van der Waals surface area (Å²) in [5, 5.41) is 58.0. The molecule has 27 rings (SSSR count). The number of amides is 8. The van der Waals surface area contributed by atoms with Gasteiger partial charge in [-0.3, -0.25) is 77.3 Å². The minimum Gasteiger partial charge on any atom is -0.390 e. The monoisotopic (exact) mass is 1830 g/mol. The van der Waals surface area contributed by atoms with Crippen molar-refractivity contribution in [2.75, 3.05) is 0 Å². The van der Waals surface area contributed by atoms with Crippen molar-refractivity contribution < 1.29 is 58.8 Å². The molecule has 21 saturated carbocycles. The normalized spacial score (nSPS) is 44.1. The Morgan fingerprint density at radius 1 is 0.373 bits per heavy atom. The van der Waals surface area contributed by atoms with E-state index in [1.54, 1.807) is 14.7 Å². The van der Waals surface area contributed by atoms with Crippen LogP contribution in [-0.4, -0.2) is 201 Å². The number of nitrogens with one attached hydrogen (secondary N) is 4. The first kappa shape index (κ1) is 93.5. The molecule has 2 aromatic rings. The van der Waals surface area contributed by atoms with E-state index in [9.17, 15) is 58.8 Å². The number of carbonyl (C=O) groups is 8. The fourth-order valence-corrected chi connectivity index (χ4v) is 34.5. The fourth-order valence-electron chi connectivity index (χ4n) is 34.5. The molecule has 4 heterocycles. The van der Waals surface area contributed by atoms with Crippen molar-refractivity contribution in [3.05, 3.63) is 117 Å². The molecule has 25 aliphatic rings. The lowest BCUT2D eigenvalue weighted by molar-refractivity contribution is -0.182. The Morgan fingerprint density at radius 3 is 0.896 bits per heavy atom. The zero-order chi connectivity index (χ0) is 94.7. The molecule has 2 aromatic carbocycles. The molecule has 0 aromatic heterocycles. The zero-order valence-electron chi connectivity index (χ0n) is 80.1. The Hall–Kier alpha value is -8.12. The highest BCUT2D eigenvalue weighted by Gasteiger charge is 2.75. The number of benzene rings is 2. The number of hydrogen-bond acceptors (Lipinski definition) is 15. The van der Waals surface area contributed by atoms with Crippen molar-refractivity contribution in [3.8, 4) is 0 Å². The van der Waals surface area contributed by atoms with Gasteiger partial charge in [0.05, 0.1) is 66.2 Å². The summed E-state index contributed by atoms with van der Waals surface area (Å²) in [6, 6.07) is 13.0. The second kappa shape index (κ2) is 33.3. The minimum absolute atomic E-state index is 0.00808. The molecule has 4 aliphatic heterocycles. The number of piperidine rings is 4. The van der Waals surface area contributed by atoms with Gasteiger partial charge in [0.1, 0.15) is 24.2 Å². The maximum Gasteiger partial charge on any atom is 0.301 e. The van der Waals surface area contributed by atoms with Crippen molar-refractivity contribution in [2.45, 2.75) is 412 Å². The molecule has 8 amide bonds. The summed E-state index contributed by atoms with van der Waals surface area (Å²) < 4.78 is 0. The highest BCUT2D eigenvalue weighted by molar-refractivity contribution is 5.94. The molecule has 21 aliphatic carbocycles. The molecule has 0 radical (unpaired) electrons. The Bertz CT molecular complexity index is 5130. The van der Waals surface area contributed by atoms with Crippen molar-refractivity contribution >= 4 is 47.3 Å². The van der Waals surface area contributed by atoms with E-state index in [1.807, 2.05) is 80.3 Å². The third-order valence-corrected chi connectivity index (χ3v) is 39.3. The van der Waals surface area contributed by atoms with Crippen molar-refractivity contribution in [1.29, 1.82) is 0 Å². The Balaban J connectivity index is 0.000000111. The number of aliphatic hydroxyl groups is 4. The van der Waals surface area contributed by atoms with Gasteiger partial charge in [-0.15, -0.1) is 0 Å². The van der Waals surface area contributed by atoms with Crippen molar-refractivity contribution in [3.63, 3.8) is 0 Å². The quantitative estimate of drug-likeness (QED) is 0.0488. The second-order valence-corrected chi connectivity index (χ2v) is 51.0. The number of nitrogens with zero attached hydrogens (tertiary/aromatic N) is 8. The van der Waals surface area contributed by atoms with Gasteiger partial charge in [-0.05, 0) is 305 Å². The summed E-state index contributed by atoms with van der Waals surface area (Å²) in [5.41, 5.74) is 17.5. The number of nitrogens with two attached hydrogens (primary N) is 3. The first-order chi connectivity index (χ1) is 63.4. The average molecular weight is 1840 g/mol. The molecule has 27 nitrogen and oxygen atoms in total. The molecule has 722 valence electrons. The third-order valence-electron chi connectivity index (χ3n) is 39.3. The molecule has 0 spiro atoms. The summed E-state index contributed by atoms with van der Waals surface area (Å²) in [7, 11) is 0. The molecule has 27 atom stereocenters. The topological polar surface area (TPSA) is 374 Å². The number of hydrogen-bond donors (Lipinski definition) is 11. The second-order valence-electron chi connectivity index (χ2n) is 51.0. The standard InChI is InChI=1S/C29H38N4O3.C28H36N4O3.C25H38N4O3.C25H35N3O3/c1-17-4-6-18(7-5-17)9-21(30)25(34)32-24(26(35)33-22-14-27(22,2)15-23(33)31-3)28-10-19-8-20(11-28)13-29(36,12-19)16-28;1-26-14-21(26)32(22(15-26)30-2)25(34)23(31-24(33)20(29)9-17-6-4-3-5-7-17)27-10-18-8-19(11-27)13-28(35,12-18)16-27;1-14(2)5-17(26)21(30)28-20(22(31)29-18-11-23(18,3)12-19(29)27-4)24-7-15-6-16(8-24)10-25(32,9-15)13-24;1-23-12-18(23)28(19(13-23)26-2)22(30)20(27-21(29)17-5-3-4-6-17)24-8-15-7-16(9-24)11-25(31,10-15)14-24/h4-7,19-24,36H,8-16,30H2,1-2H3,(H,32,34);3-7,18-23,35H,8-16,29H2,1H3,(H,31,33);14-20,32H,5-13,26H2,1-3H3,(H,28,30);15-20,31H,3-14H2,1H3,(H,27,29). The lowest BCUT2D eigenvalue weighted by Gasteiger charge is -2.62. The van der Waals surface area contributed by atoms with E-state index >= 15 is 0 Å². The Kier molecular flexibility index (Phi) is 23.2. The number of rotatable bonds is 22. The van der Waals surface area contributed by atoms with Crippen LogP contribution in [0.3, 0.4) is 0 Å². The van der Waals surface area contributed by atoms with Crippen LogP contribution < -0.4 is 38.5 Å². The predicted octanol–water partition coefficient (Wildman–Crippen LogP) is 11.2. The molecule has 134 heavy (non-hydrogen) atoms. The van der Waals surface area contributed by atoms with E-state index in [2.05, 4.69) is 68.3 Å². The molecule has 27 heteroatoms. The molecule has 27 unspecified atom stereocenters. The average Bonchev–Trinajstić information content (AvgIpc) is 0.831. The van der Waals surface area contributed by atoms with E-state index in [0.29, 0.717) is 112 Å². The molecule has 25 fully saturated rings. The maximum atomic E-state index is 14.3. The van der Waals surface area contributed by atoms with Crippen LogP contribution in [-0.2, 0) is 51.2 Å². The van der Waals surface area contributed by atoms with Gasteiger partial charge in [0, 0.05) is 51.7 Å². The van der Waals surface area contributed by atoms with Crippen molar-refractivity contribution in [1.82, 2.24) is 40.9 Å². The lowest BCUT2D eigenvalue weighted by Crippen LogP contribution is -2.67. The van der Waals surface area contributed by atoms with Crippen molar-refractivity contribution in [2.24, 2.45) is 120 Å². The van der Waals surface area contributed by atoms with Crippen LogP contribution in [0.4, 0.5) is 0 Å². The van der Waals surface area contributed by atoms with Gasteiger partial charge in [0.15, 0.2) is 0 Å². The highest BCUT2D eigenvalue weighted by Crippen LogP contribution is 2.71. The Labute approximate surface area is 791 Å². The van der Waals surface area contributed by atoms with E-state index < -0.39 is 106 Å². The maximum absolute atomic E-state index is 14.3. The van der Waals surface area contributed by atoms with E-state index in [4.69, 9.17) is 43.5 Å². The molecule has 4 saturated heterocycles. The predicted molar refractivity (Wildman–Crippen MR) is 500 cm³/mol. The lowest BCUT2D eigenvalue weighted by atomic mass is 9.46. The number of aryl methyl sites for hydroxylation is 1. The van der Waals surface area contributed by atoms with Gasteiger partial charge >= 0.3 is 24.7 Å². The minimum atomic E-state index is -0.776. The van der Waals surface area contributed by atoms with Crippen LogP contribution in [0, 0.1) is 136 Å². The summed E-state index contributed by atoms with van der Waals surface area (Å²) in [6.45, 7) is 45.6. The van der Waals surface area contributed by atoms with Crippen LogP contribution in [0.1, 0.15) is 296 Å². The summed E-state index contributed by atoms with van der Waals surface area (Å²) in [5.74, 6) is 2.18. The van der Waals surface area contributed by atoms with Crippen LogP contribution >= 0.6 is 0 Å². The summed E-state index contributed by atoms with van der Waals surface area (Å²) in [6.07, 6.45) is 30.2. The number of likely N-dealkylation sites (tertiary alicyclic amines) is 4. The van der Waals surface area contributed by atoms with Gasteiger partial charge in [0.25, 0.3) is 23.6 Å². The Morgan fingerprint density at radius 2 is 0.634 bits per heavy atom. The van der Waals surface area contributed by atoms with Gasteiger partial charge in [-0.2, -0.15) is 0 Å². The van der Waals surface area contributed by atoms with Gasteiger partial charge in [0.2, 0.25) is 23.6 Å². The number of carbonyl (C=O) groups excluding carboxylic acids is 8. The van der Waals surface area contributed by atoms with E-state index in [1.165, 1.54) is 0 Å². The summed E-state index contributed by atoms with van der Waals surface area (Å²) in [4.78, 5) is 133. The zero-order valence-corrected chi connectivity index (χ0v) is 80.1. The van der Waals surface area contributed by atoms with Crippen LogP contribution in [0.15, 0.2) is 54.6 Å². The summed E-state index contributed by atoms with van der Waals surface area (Å²) >= 11 is 0. The largest absolute Gasteiger partial charge is 0.390 e. The SMILES string of the molecule is [C-]#[N+]C1CC2(C)CC2N1C(=O)C(NC(=O)C(N)CC(C)C)C12CC3CC(CC(O)(C3)C1)C2.[C-]#[N+]C1CC2(C)CC2N1C(=O)C(NC(=O)C(N)Cc1ccc(C)cc1)C12CC3CC(CC(O)(C3)C1)C2.[C-]#[N+]C1CC2(C)CC2N1C(=O)C(NC(=O)C(N)Cc1ccccc1)C12CC3CC(CC(O)(C3)C1)C2.[C-]#[N+]C1CC2(C)CC2N1C(=O)C(NC(=O)C1CCCC1)C12CC3CC(CC(O)(C3)C1)C2. The molecule has 14 N–H and O–H groups in total. The molecular formula is C107H147N15O12. The smallest absolute Gasteiger partial charge is 0.301 e. The highest BCUT2D eigenvalue weighted by atomic mass is 16.3. The number of fused-ring (bicyclic) bond motifs is 4. The molecular weight excluding hydrogens is 1690 g/mol. The first-order valence-corrected chi connectivity index (χ1v) is 51.6. The van der Waals surface area contributed by atoms with E-state index in [-0.39, 0.29) is 110 Å². The van der Waals surface area contributed by atoms with Crippen LogP contribution in [0.25, 0.3) is 19.4 Å². The van der Waals surface area contributed by atoms with Crippen LogP contribution in [0.5, 0.6) is 0 Å².